The Morgan fingerprint density at radius 3 is 2.79 bits per heavy atom. The van der Waals surface area contributed by atoms with Crippen LogP contribution < -0.4 is 16.4 Å². The third kappa shape index (κ3) is 5.81. The lowest BCUT2D eigenvalue weighted by Gasteiger charge is -2.32. The van der Waals surface area contributed by atoms with Crippen molar-refractivity contribution in [3.05, 3.63) is 77.4 Å². The van der Waals surface area contributed by atoms with Crippen molar-refractivity contribution in [2.75, 3.05) is 30.3 Å². The van der Waals surface area contributed by atoms with Crippen LogP contribution in [0.5, 0.6) is 0 Å². The van der Waals surface area contributed by atoms with Gasteiger partial charge in [-0.2, -0.15) is 4.31 Å². The van der Waals surface area contributed by atoms with Crippen LogP contribution in [0.4, 0.5) is 11.6 Å². The summed E-state index contributed by atoms with van der Waals surface area (Å²) in [5.74, 6) is -0.0514. The van der Waals surface area contributed by atoms with E-state index in [2.05, 4.69) is 15.6 Å². The van der Waals surface area contributed by atoms with Gasteiger partial charge >= 0.3 is 0 Å². The third-order valence-corrected chi connectivity index (χ3v) is 9.82. The van der Waals surface area contributed by atoms with Crippen LogP contribution in [0.15, 0.2) is 77.3 Å². The Bertz CT molecular complexity index is 1860. The van der Waals surface area contributed by atoms with E-state index in [0.29, 0.717) is 29.6 Å². The fourth-order valence-electron chi connectivity index (χ4n) is 4.97. The van der Waals surface area contributed by atoms with Crippen molar-refractivity contribution in [2.45, 2.75) is 23.8 Å². The highest BCUT2D eigenvalue weighted by molar-refractivity contribution is 7.89. The monoisotopic (exact) mass is 622 g/mol. The molecule has 11 nitrogen and oxygen atoms in total. The van der Waals surface area contributed by atoms with Gasteiger partial charge < -0.3 is 16.4 Å². The maximum atomic E-state index is 13.3. The number of aromatic nitrogens is 4. The summed E-state index contributed by atoms with van der Waals surface area (Å²) in [6.45, 7) is 0.748. The standard InChI is InChI=1S/C28H27ClN8O3S2/c29-19-6-8-22(9-7-19)42(39,40)36-12-2-5-21(17-36)33-27-31-11-10-23(34-27)26-25(35-28-37(26)13-14-41-28)18-3-1-4-20(15-18)32-16-24(30)38/h1,3-4,6-11,13-15,21,32H,2,5,12,16-17H2,(H2,30,38)(H,31,33,34)/t21-/m1/s1. The van der Waals surface area contributed by atoms with Gasteiger partial charge in [-0.25, -0.2) is 23.4 Å². The molecule has 1 atom stereocenters. The van der Waals surface area contributed by atoms with Crippen LogP contribution in [0.2, 0.25) is 5.02 Å². The number of sulfonamides is 1. The summed E-state index contributed by atoms with van der Waals surface area (Å²) < 4.78 is 30.0. The Labute approximate surface area is 251 Å². The first-order valence-electron chi connectivity index (χ1n) is 13.2. The Morgan fingerprint density at radius 1 is 1.14 bits per heavy atom. The molecule has 1 aliphatic rings. The lowest BCUT2D eigenvalue weighted by Crippen LogP contribution is -2.45. The number of primary amides is 1. The highest BCUT2D eigenvalue weighted by atomic mass is 35.5. The Morgan fingerprint density at radius 2 is 1.98 bits per heavy atom. The Hall–Kier alpha value is -4.04. The molecule has 1 saturated heterocycles. The second kappa shape index (κ2) is 11.7. The zero-order valence-electron chi connectivity index (χ0n) is 22.3. The number of nitrogens with two attached hydrogens (primary N) is 1. The molecule has 1 fully saturated rings. The first-order chi connectivity index (χ1) is 20.3. The topological polar surface area (TPSA) is 148 Å². The number of imidazole rings is 1. The second-order valence-electron chi connectivity index (χ2n) is 9.83. The molecule has 2 aromatic carbocycles. The van der Waals surface area contributed by atoms with Crippen molar-refractivity contribution in [3.63, 3.8) is 0 Å². The van der Waals surface area contributed by atoms with E-state index in [9.17, 15) is 13.2 Å². The zero-order chi connectivity index (χ0) is 29.3. The molecule has 0 unspecified atom stereocenters. The van der Waals surface area contributed by atoms with Crippen molar-refractivity contribution in [3.8, 4) is 22.6 Å². The number of nitrogens with zero attached hydrogens (tertiary/aromatic N) is 5. The number of amides is 1. The van der Waals surface area contributed by atoms with E-state index in [1.54, 1.807) is 18.3 Å². The lowest BCUT2D eigenvalue weighted by atomic mass is 10.1. The van der Waals surface area contributed by atoms with Crippen molar-refractivity contribution < 1.29 is 13.2 Å². The number of halogens is 1. The SMILES string of the molecule is NC(=O)CNc1cccc(-c2nc3sccn3c2-c2ccnc(N[C@@H]3CCCN(S(=O)(=O)c4ccc(Cl)cc4)C3)n2)c1. The average molecular weight is 623 g/mol. The molecule has 42 heavy (non-hydrogen) atoms. The quantitative estimate of drug-likeness (QED) is 0.220. The molecule has 216 valence electrons. The number of thiazole rings is 1. The minimum absolute atomic E-state index is 0.0229. The molecule has 5 aromatic rings. The molecule has 6 rings (SSSR count). The van der Waals surface area contributed by atoms with E-state index in [1.165, 1.54) is 27.8 Å². The summed E-state index contributed by atoms with van der Waals surface area (Å²) >= 11 is 7.47. The minimum Gasteiger partial charge on any atom is -0.376 e. The fraction of sp³-hybridized carbons (Fsp3) is 0.214. The van der Waals surface area contributed by atoms with Crippen LogP contribution in [-0.2, 0) is 14.8 Å². The van der Waals surface area contributed by atoms with Gasteiger partial charge in [-0.05, 0) is 55.3 Å². The zero-order valence-corrected chi connectivity index (χ0v) is 24.7. The summed E-state index contributed by atoms with van der Waals surface area (Å²) in [5, 5.41) is 8.82. The largest absolute Gasteiger partial charge is 0.376 e. The van der Waals surface area contributed by atoms with Crippen molar-refractivity contribution >= 4 is 55.5 Å². The fourth-order valence-corrected chi connectivity index (χ4v) is 7.34. The average Bonchev–Trinajstić information content (AvgIpc) is 3.59. The minimum atomic E-state index is -3.66. The Balaban J connectivity index is 1.27. The summed E-state index contributed by atoms with van der Waals surface area (Å²) in [5.41, 5.74) is 9.06. The van der Waals surface area contributed by atoms with Crippen LogP contribution in [0.25, 0.3) is 27.6 Å². The van der Waals surface area contributed by atoms with Gasteiger partial charge in [0.1, 0.15) is 5.69 Å². The number of hydrogen-bond donors (Lipinski definition) is 3. The van der Waals surface area contributed by atoms with E-state index in [4.69, 9.17) is 27.3 Å². The van der Waals surface area contributed by atoms with Gasteiger partial charge in [0.2, 0.25) is 21.9 Å². The summed E-state index contributed by atoms with van der Waals surface area (Å²) in [7, 11) is -3.66. The number of anilines is 2. The highest BCUT2D eigenvalue weighted by Crippen LogP contribution is 2.35. The molecule has 0 aliphatic carbocycles. The first-order valence-corrected chi connectivity index (χ1v) is 15.9. The normalized spacial score (nSPS) is 16.0. The van der Waals surface area contributed by atoms with Crippen molar-refractivity contribution in [2.24, 2.45) is 5.73 Å². The number of benzene rings is 2. The molecule has 1 aliphatic heterocycles. The maximum absolute atomic E-state index is 13.3. The second-order valence-corrected chi connectivity index (χ2v) is 13.1. The van der Waals surface area contributed by atoms with Crippen LogP contribution in [-0.4, -0.2) is 63.7 Å². The van der Waals surface area contributed by atoms with Gasteiger partial charge in [0.25, 0.3) is 0 Å². The van der Waals surface area contributed by atoms with Crippen LogP contribution in [0.1, 0.15) is 12.8 Å². The van der Waals surface area contributed by atoms with Crippen LogP contribution >= 0.6 is 22.9 Å². The number of carbonyl (C=O) groups excluding carboxylic acids is 1. The van der Waals surface area contributed by atoms with E-state index >= 15 is 0 Å². The van der Waals surface area contributed by atoms with Gasteiger partial charge in [0.05, 0.1) is 22.8 Å². The van der Waals surface area contributed by atoms with Crippen LogP contribution in [0, 0.1) is 0 Å². The number of fused-ring (bicyclic) bond motifs is 1. The van der Waals surface area contributed by atoms with Crippen molar-refractivity contribution in [1.82, 2.24) is 23.7 Å². The summed E-state index contributed by atoms with van der Waals surface area (Å²) in [6, 6.07) is 15.5. The molecule has 1 amide bonds. The van der Waals surface area contributed by atoms with E-state index in [1.807, 2.05) is 46.3 Å². The molecule has 0 radical (unpaired) electrons. The maximum Gasteiger partial charge on any atom is 0.243 e. The third-order valence-electron chi connectivity index (χ3n) is 6.93. The number of nitrogens with one attached hydrogen (secondary N) is 2. The Kier molecular flexibility index (Phi) is 7.82. The molecule has 0 bridgehead atoms. The summed E-state index contributed by atoms with van der Waals surface area (Å²) in [6.07, 6.45) is 5.09. The number of rotatable bonds is 9. The molecule has 14 heteroatoms. The lowest BCUT2D eigenvalue weighted by molar-refractivity contribution is -0.116. The van der Waals surface area contributed by atoms with E-state index < -0.39 is 15.9 Å². The predicted octanol–water partition coefficient (Wildman–Crippen LogP) is 4.34. The van der Waals surface area contributed by atoms with Gasteiger partial charge in [-0.15, -0.1) is 11.3 Å². The molecule has 0 saturated carbocycles. The molecule has 4 heterocycles. The van der Waals surface area contributed by atoms with Crippen molar-refractivity contribution in [1.29, 1.82) is 0 Å². The molecule has 3 aromatic heterocycles. The van der Waals surface area contributed by atoms with Gasteiger partial charge in [0.15, 0.2) is 4.96 Å². The first kappa shape index (κ1) is 28.1. The number of carbonyl (C=O) groups is 1. The van der Waals surface area contributed by atoms with Crippen LogP contribution in [0.3, 0.4) is 0 Å². The predicted molar refractivity (Wildman–Crippen MR) is 164 cm³/mol. The van der Waals surface area contributed by atoms with Gasteiger partial charge in [-0.3, -0.25) is 9.20 Å². The van der Waals surface area contributed by atoms with Gasteiger partial charge in [-0.1, -0.05) is 23.7 Å². The van der Waals surface area contributed by atoms with E-state index in [0.717, 1.165) is 34.0 Å². The molecular weight excluding hydrogens is 596 g/mol. The smallest absolute Gasteiger partial charge is 0.243 e. The molecule has 0 spiro atoms. The summed E-state index contributed by atoms with van der Waals surface area (Å²) in [4.78, 5) is 26.4. The number of piperidine rings is 1. The van der Waals surface area contributed by atoms with Gasteiger partial charge in [0, 0.05) is 53.2 Å². The highest BCUT2D eigenvalue weighted by Gasteiger charge is 2.30. The number of hydrogen-bond acceptors (Lipinski definition) is 9. The molecular formula is C28H27ClN8O3S2. The molecule has 4 N–H and O–H groups in total. The van der Waals surface area contributed by atoms with E-state index in [-0.39, 0.29) is 24.0 Å².